The Balaban J connectivity index is 2.32. The van der Waals surface area contributed by atoms with Crippen LogP contribution >= 0.6 is 0 Å². The number of hydrogen-bond acceptors (Lipinski definition) is 3. The van der Waals surface area contributed by atoms with E-state index in [-0.39, 0.29) is 6.04 Å². The Morgan fingerprint density at radius 1 is 1.20 bits per heavy atom. The molecule has 1 heterocycles. The molecule has 0 aliphatic carbocycles. The van der Waals surface area contributed by atoms with E-state index in [1.54, 1.807) is 0 Å². The van der Waals surface area contributed by atoms with Crippen LogP contribution in [-0.2, 0) is 0 Å². The largest absolute Gasteiger partial charge is 0.464 e. The number of rotatable bonds is 2. The summed E-state index contributed by atoms with van der Waals surface area (Å²) < 4.78 is 5.47. The molecule has 0 bridgehead atoms. The molecule has 0 aliphatic rings. The first-order chi connectivity index (χ1) is 7.16. The van der Waals surface area contributed by atoms with Gasteiger partial charge in [0, 0.05) is 5.69 Å². The lowest BCUT2D eigenvalue weighted by Gasteiger charge is -2.09. The lowest BCUT2D eigenvalue weighted by Crippen LogP contribution is -2.11. The van der Waals surface area contributed by atoms with Crippen molar-refractivity contribution in [1.29, 1.82) is 0 Å². The molecule has 1 aromatic carbocycles. The molecule has 4 N–H and O–H groups in total. The van der Waals surface area contributed by atoms with Crippen LogP contribution in [-0.4, -0.2) is 0 Å². The van der Waals surface area contributed by atoms with Crippen molar-refractivity contribution in [2.45, 2.75) is 13.0 Å². The van der Waals surface area contributed by atoms with Gasteiger partial charge in [0.2, 0.25) is 0 Å². The predicted molar refractivity (Wildman–Crippen MR) is 60.3 cm³/mol. The molecule has 0 fully saturated rings. The number of benzene rings is 1. The van der Waals surface area contributed by atoms with Crippen LogP contribution in [0.5, 0.6) is 0 Å². The Morgan fingerprint density at radius 3 is 2.60 bits per heavy atom. The molecule has 0 saturated heterocycles. The van der Waals surface area contributed by atoms with Gasteiger partial charge in [-0.2, -0.15) is 0 Å². The summed E-state index contributed by atoms with van der Waals surface area (Å²) in [4.78, 5) is 0. The molecule has 0 spiro atoms. The maximum Gasteiger partial charge on any atom is 0.125 e. The number of nitrogen functional groups attached to an aromatic ring is 1. The summed E-state index contributed by atoms with van der Waals surface area (Å²) in [5.74, 6) is 1.63. The van der Waals surface area contributed by atoms with E-state index in [9.17, 15) is 0 Å². The second-order valence-electron chi connectivity index (χ2n) is 3.60. The van der Waals surface area contributed by atoms with Crippen molar-refractivity contribution in [2.75, 3.05) is 5.73 Å². The lowest BCUT2D eigenvalue weighted by molar-refractivity contribution is 0.466. The molecule has 78 valence electrons. The Bertz CT molecular complexity index is 462. The molecule has 0 aliphatic heterocycles. The van der Waals surface area contributed by atoms with E-state index in [1.165, 1.54) is 0 Å². The molecule has 0 amide bonds. The quantitative estimate of drug-likeness (QED) is 0.734. The minimum atomic E-state index is -0.248. The van der Waals surface area contributed by atoms with Crippen LogP contribution in [0.1, 0.15) is 23.1 Å². The van der Waals surface area contributed by atoms with Crippen LogP contribution in [0.15, 0.2) is 40.8 Å². The summed E-state index contributed by atoms with van der Waals surface area (Å²) in [7, 11) is 0. The average Bonchev–Trinajstić information content (AvgIpc) is 2.64. The van der Waals surface area contributed by atoms with E-state index in [4.69, 9.17) is 15.9 Å². The average molecular weight is 202 g/mol. The van der Waals surface area contributed by atoms with Gasteiger partial charge in [0.15, 0.2) is 0 Å². The molecule has 3 nitrogen and oxygen atoms in total. The molecule has 0 radical (unpaired) electrons. The lowest BCUT2D eigenvalue weighted by atomic mass is 10.1. The Hall–Kier alpha value is -1.74. The highest BCUT2D eigenvalue weighted by Crippen LogP contribution is 2.22. The fraction of sp³-hybridized carbons (Fsp3) is 0.167. The zero-order chi connectivity index (χ0) is 10.8. The Labute approximate surface area is 88.7 Å². The van der Waals surface area contributed by atoms with Gasteiger partial charge in [-0.1, -0.05) is 12.1 Å². The van der Waals surface area contributed by atoms with Crippen molar-refractivity contribution in [3.05, 3.63) is 53.5 Å². The van der Waals surface area contributed by atoms with Gasteiger partial charge >= 0.3 is 0 Å². The smallest absolute Gasteiger partial charge is 0.125 e. The van der Waals surface area contributed by atoms with Gasteiger partial charge in [0.1, 0.15) is 11.5 Å². The van der Waals surface area contributed by atoms with Crippen LogP contribution in [0, 0.1) is 6.92 Å². The van der Waals surface area contributed by atoms with Crippen LogP contribution in [0.2, 0.25) is 0 Å². The van der Waals surface area contributed by atoms with Crippen LogP contribution in [0.25, 0.3) is 0 Å². The Kier molecular flexibility index (Phi) is 2.47. The summed E-state index contributed by atoms with van der Waals surface area (Å²) in [6, 6.07) is 11.1. The summed E-state index contributed by atoms with van der Waals surface area (Å²) in [6.07, 6.45) is 0. The van der Waals surface area contributed by atoms with E-state index in [2.05, 4.69) is 0 Å². The number of hydrogen-bond donors (Lipinski definition) is 2. The molecule has 1 atom stereocenters. The second-order valence-corrected chi connectivity index (χ2v) is 3.60. The SMILES string of the molecule is Cc1ccc(C(N)c2cccc(N)c2)o1. The van der Waals surface area contributed by atoms with Crippen molar-refractivity contribution in [3.63, 3.8) is 0 Å². The van der Waals surface area contributed by atoms with Crippen LogP contribution < -0.4 is 11.5 Å². The van der Waals surface area contributed by atoms with Crippen LogP contribution in [0.3, 0.4) is 0 Å². The van der Waals surface area contributed by atoms with Gasteiger partial charge in [-0.05, 0) is 36.8 Å². The van der Waals surface area contributed by atoms with Gasteiger partial charge in [-0.3, -0.25) is 0 Å². The first kappa shape index (κ1) is 9.80. The van der Waals surface area contributed by atoms with E-state index in [1.807, 2.05) is 43.3 Å². The normalized spacial score (nSPS) is 12.7. The predicted octanol–water partition coefficient (Wildman–Crippen LogP) is 2.22. The molecular weight excluding hydrogens is 188 g/mol. The van der Waals surface area contributed by atoms with E-state index in [0.717, 1.165) is 17.1 Å². The minimum absolute atomic E-state index is 0.248. The summed E-state index contributed by atoms with van der Waals surface area (Å²) in [6.45, 7) is 1.90. The van der Waals surface area contributed by atoms with Crippen LogP contribution in [0.4, 0.5) is 5.69 Å². The first-order valence-electron chi connectivity index (χ1n) is 4.84. The first-order valence-corrected chi connectivity index (χ1v) is 4.84. The standard InChI is InChI=1S/C12H14N2O/c1-8-5-6-11(15-8)12(14)9-3-2-4-10(13)7-9/h2-7,12H,13-14H2,1H3. The number of anilines is 1. The molecule has 15 heavy (non-hydrogen) atoms. The zero-order valence-corrected chi connectivity index (χ0v) is 8.60. The van der Waals surface area contributed by atoms with Gasteiger partial charge in [-0.25, -0.2) is 0 Å². The maximum atomic E-state index is 6.05. The third-order valence-electron chi connectivity index (χ3n) is 2.34. The van der Waals surface area contributed by atoms with Gasteiger partial charge < -0.3 is 15.9 Å². The summed E-state index contributed by atoms with van der Waals surface area (Å²) in [5, 5.41) is 0. The number of aryl methyl sites for hydroxylation is 1. The van der Waals surface area contributed by atoms with Gasteiger partial charge in [0.05, 0.1) is 6.04 Å². The maximum absolute atomic E-state index is 6.05. The summed E-state index contributed by atoms with van der Waals surface area (Å²) >= 11 is 0. The second kappa shape index (κ2) is 3.79. The number of nitrogens with two attached hydrogens (primary N) is 2. The molecule has 3 heteroatoms. The van der Waals surface area contributed by atoms with Gasteiger partial charge in [0.25, 0.3) is 0 Å². The summed E-state index contributed by atoms with van der Waals surface area (Å²) in [5.41, 5.74) is 13.4. The third kappa shape index (κ3) is 2.02. The highest BCUT2D eigenvalue weighted by Gasteiger charge is 2.12. The van der Waals surface area contributed by atoms with Gasteiger partial charge in [-0.15, -0.1) is 0 Å². The highest BCUT2D eigenvalue weighted by atomic mass is 16.3. The molecule has 2 aromatic rings. The molecule has 0 saturated carbocycles. The van der Waals surface area contributed by atoms with Crippen molar-refractivity contribution in [3.8, 4) is 0 Å². The highest BCUT2D eigenvalue weighted by molar-refractivity contribution is 5.43. The molecule has 2 rings (SSSR count). The molecular formula is C12H14N2O. The van der Waals surface area contributed by atoms with E-state index in [0.29, 0.717) is 5.69 Å². The zero-order valence-electron chi connectivity index (χ0n) is 8.60. The van der Waals surface area contributed by atoms with E-state index < -0.39 is 0 Å². The third-order valence-corrected chi connectivity index (χ3v) is 2.34. The monoisotopic (exact) mass is 202 g/mol. The fourth-order valence-corrected chi connectivity index (χ4v) is 1.54. The number of furan rings is 1. The van der Waals surface area contributed by atoms with Crippen molar-refractivity contribution < 1.29 is 4.42 Å². The van der Waals surface area contributed by atoms with Crippen molar-refractivity contribution >= 4 is 5.69 Å². The van der Waals surface area contributed by atoms with Crippen molar-refractivity contribution in [1.82, 2.24) is 0 Å². The minimum Gasteiger partial charge on any atom is -0.464 e. The fourth-order valence-electron chi connectivity index (χ4n) is 1.54. The topological polar surface area (TPSA) is 65.2 Å². The molecule has 1 unspecified atom stereocenters. The van der Waals surface area contributed by atoms with Crippen molar-refractivity contribution in [2.24, 2.45) is 5.73 Å². The Morgan fingerprint density at radius 2 is 2.00 bits per heavy atom. The van der Waals surface area contributed by atoms with E-state index >= 15 is 0 Å². The molecule has 1 aromatic heterocycles.